The third kappa shape index (κ3) is 13.6. The molecule has 0 bridgehead atoms. The van der Waals surface area contributed by atoms with Crippen molar-refractivity contribution in [2.75, 3.05) is 33.0 Å². The number of aliphatic hydroxyl groups is 21. The van der Waals surface area contributed by atoms with E-state index in [1.165, 1.54) is 20.8 Å². The van der Waals surface area contributed by atoms with Gasteiger partial charge in [0.15, 0.2) is 37.7 Å². The molecule has 0 aliphatic carbocycles. The zero-order valence-electron chi connectivity index (χ0n) is 40.5. The zero-order chi connectivity index (χ0) is 55.7. The highest BCUT2D eigenvalue weighted by Gasteiger charge is 2.56. The average molecular weight is 1110 g/mol. The molecule has 33 heteroatoms. The first-order valence-corrected chi connectivity index (χ1v) is 24.1. The first-order valence-electron chi connectivity index (χ1n) is 24.1. The SMILES string of the molecule is C[C@@H]1O[C@@H](O[C@H]2[C@H](O[C@@H]3[C@@H](O)[C@H](C)O[C@@H](O[C@@H]4[C@H](O)[C@@H](O[C@H](CO)[C@@H](O)[C@H](O)[C@H](O)CO[C@@H]5O[C@H](CO)[C@H](O[C@H]6O[C@H](CO)[C@@H](O)[C@H](O)[C@H]6O)[C@H](O)[C@H]5O)O[C@H](CO)[C@H]4O)[C@@H]3O)O[C@@H](C)[C@H](O)[C@H]2O)[C@H](O)[C@H](O)[C@H]1O. The lowest BCUT2D eigenvalue weighted by Gasteiger charge is -2.49. The Morgan fingerprint density at radius 2 is 0.747 bits per heavy atom. The summed E-state index contributed by atoms with van der Waals surface area (Å²) in [6.07, 6.45) is -62.1. The summed E-state index contributed by atoms with van der Waals surface area (Å²) in [5.41, 5.74) is 0. The third-order valence-electron chi connectivity index (χ3n) is 14.1. The van der Waals surface area contributed by atoms with Gasteiger partial charge in [0.05, 0.1) is 51.3 Å². The Balaban J connectivity index is 1.08. The molecule has 0 aromatic rings. The standard InChI is InChI=1S/C42H74O33/c1-9-17(48)24(55)28(59)38(65-9)75-36-26(57)18(49)10(2)67-42(36)74-34-19(50)11(3)66-40(31(34)62)73-35-23(54)15(6-45)70-41(32(35)63)69-13(4-43)21(52)20(51)12(47)8-64-37-30(61)27(58)33(16(7-46)71-37)72-39-29(60)25(56)22(53)14(5-44)68-39/h9-63H,4-8H2,1-3H3/t9-,10-,11-,12+,13+,14+,15+,16+,17-,18-,19-,20+,21+,22+,23+,24+,25-,26+,27+,28+,29+,30+,31+,32-,33-,34+,35-,36+,37+,38-,39+,40-,41-,42-/m0/s1. The summed E-state index contributed by atoms with van der Waals surface area (Å²) < 4.78 is 66.9. The summed E-state index contributed by atoms with van der Waals surface area (Å²) in [5.74, 6) is 0. The Labute approximate surface area is 426 Å². The van der Waals surface area contributed by atoms with Gasteiger partial charge in [-0.05, 0) is 20.8 Å². The number of hydrogen-bond acceptors (Lipinski definition) is 33. The first kappa shape index (κ1) is 62.9. The molecule has 21 N–H and O–H groups in total. The molecule has 0 amide bonds. The van der Waals surface area contributed by atoms with Crippen molar-refractivity contribution in [3.05, 3.63) is 0 Å². The summed E-state index contributed by atoms with van der Waals surface area (Å²) in [6.45, 7) is -1.02. The second kappa shape index (κ2) is 27.0. The molecule has 0 saturated carbocycles. The van der Waals surface area contributed by atoms with Crippen molar-refractivity contribution in [1.29, 1.82) is 0 Å². The van der Waals surface area contributed by atoms with E-state index in [1.54, 1.807) is 0 Å². The number of hydrogen-bond donors (Lipinski definition) is 21. The summed E-state index contributed by atoms with van der Waals surface area (Å²) >= 11 is 0. The Morgan fingerprint density at radius 3 is 1.33 bits per heavy atom. The van der Waals surface area contributed by atoms with Crippen molar-refractivity contribution in [3.8, 4) is 0 Å². The van der Waals surface area contributed by atoms with Crippen LogP contribution in [0.5, 0.6) is 0 Å². The van der Waals surface area contributed by atoms with E-state index < -0.39 is 242 Å². The predicted molar refractivity (Wildman–Crippen MR) is 230 cm³/mol. The summed E-state index contributed by atoms with van der Waals surface area (Å²) in [5, 5.41) is 223. The van der Waals surface area contributed by atoms with Crippen molar-refractivity contribution < 1.29 is 164 Å². The molecule has 0 aromatic carbocycles. The molecular formula is C42H74O33. The lowest BCUT2D eigenvalue weighted by atomic mass is 9.96. The molecule has 0 spiro atoms. The minimum Gasteiger partial charge on any atom is -0.394 e. The fourth-order valence-corrected chi connectivity index (χ4v) is 9.28. The Morgan fingerprint density at radius 1 is 0.347 bits per heavy atom. The van der Waals surface area contributed by atoms with Gasteiger partial charge in [-0.1, -0.05) is 0 Å². The maximum Gasteiger partial charge on any atom is 0.187 e. The Bertz CT molecular complexity index is 1710. The summed E-state index contributed by atoms with van der Waals surface area (Å²) in [7, 11) is 0. The minimum absolute atomic E-state index is 0.828. The van der Waals surface area contributed by atoms with Crippen molar-refractivity contribution in [1.82, 2.24) is 0 Å². The van der Waals surface area contributed by atoms with Gasteiger partial charge >= 0.3 is 0 Å². The van der Waals surface area contributed by atoms with Crippen LogP contribution in [-0.2, 0) is 56.8 Å². The minimum atomic E-state index is -2.32. The molecule has 6 fully saturated rings. The van der Waals surface area contributed by atoms with Crippen molar-refractivity contribution in [2.24, 2.45) is 0 Å². The number of aliphatic hydroxyl groups excluding tert-OH is 21. The van der Waals surface area contributed by atoms with E-state index >= 15 is 0 Å². The van der Waals surface area contributed by atoms with Crippen molar-refractivity contribution in [2.45, 2.75) is 229 Å². The molecule has 6 heterocycles. The van der Waals surface area contributed by atoms with E-state index in [9.17, 15) is 107 Å². The molecule has 75 heavy (non-hydrogen) atoms. The fourth-order valence-electron chi connectivity index (χ4n) is 9.28. The van der Waals surface area contributed by atoms with Crippen LogP contribution < -0.4 is 0 Å². The molecule has 33 nitrogen and oxygen atoms in total. The van der Waals surface area contributed by atoms with E-state index in [1.807, 2.05) is 0 Å². The highest BCUT2D eigenvalue weighted by Crippen LogP contribution is 2.36. The largest absolute Gasteiger partial charge is 0.394 e. The van der Waals surface area contributed by atoms with Gasteiger partial charge in [0.2, 0.25) is 0 Å². The van der Waals surface area contributed by atoms with E-state index in [-0.39, 0.29) is 0 Å². The molecule has 6 aliphatic heterocycles. The van der Waals surface area contributed by atoms with Gasteiger partial charge in [-0.2, -0.15) is 0 Å². The molecule has 0 radical (unpaired) electrons. The van der Waals surface area contributed by atoms with Crippen LogP contribution in [0.25, 0.3) is 0 Å². The second-order valence-corrected chi connectivity index (χ2v) is 19.3. The van der Waals surface area contributed by atoms with Gasteiger partial charge in [-0.15, -0.1) is 0 Å². The van der Waals surface area contributed by atoms with E-state index in [0.717, 1.165) is 0 Å². The second-order valence-electron chi connectivity index (χ2n) is 19.3. The summed E-state index contributed by atoms with van der Waals surface area (Å²) in [6, 6.07) is 0. The van der Waals surface area contributed by atoms with E-state index in [0.29, 0.717) is 0 Å². The maximum absolute atomic E-state index is 11.6. The predicted octanol–water partition coefficient (Wildman–Crippen LogP) is -13.6. The van der Waals surface area contributed by atoms with Crippen LogP contribution in [0.4, 0.5) is 0 Å². The molecule has 0 unspecified atom stereocenters. The van der Waals surface area contributed by atoms with E-state index in [2.05, 4.69) is 0 Å². The molecular weight excluding hydrogens is 1030 g/mol. The highest BCUT2D eigenvalue weighted by atomic mass is 16.8. The van der Waals surface area contributed by atoms with Crippen LogP contribution in [-0.4, -0.2) is 349 Å². The summed E-state index contributed by atoms with van der Waals surface area (Å²) in [4.78, 5) is 0. The molecule has 0 aromatic heterocycles. The Kier molecular flexibility index (Phi) is 22.6. The van der Waals surface area contributed by atoms with Crippen LogP contribution in [0.15, 0.2) is 0 Å². The van der Waals surface area contributed by atoms with Gasteiger partial charge in [0.25, 0.3) is 0 Å². The maximum atomic E-state index is 11.6. The normalized spacial score (nSPS) is 50.7. The van der Waals surface area contributed by atoms with Crippen molar-refractivity contribution in [3.63, 3.8) is 0 Å². The lowest BCUT2D eigenvalue weighted by Crippen LogP contribution is -2.67. The van der Waals surface area contributed by atoms with Crippen LogP contribution >= 0.6 is 0 Å². The average Bonchev–Trinajstić information content (AvgIpc) is 3.39. The van der Waals surface area contributed by atoms with Gasteiger partial charge in [-0.25, -0.2) is 0 Å². The zero-order valence-corrected chi connectivity index (χ0v) is 40.5. The van der Waals surface area contributed by atoms with Crippen molar-refractivity contribution >= 4 is 0 Å². The lowest BCUT2D eigenvalue weighted by molar-refractivity contribution is -0.393. The van der Waals surface area contributed by atoms with Gasteiger partial charge in [-0.3, -0.25) is 0 Å². The van der Waals surface area contributed by atoms with Crippen LogP contribution in [0, 0.1) is 0 Å². The first-order chi connectivity index (χ1) is 35.3. The smallest absolute Gasteiger partial charge is 0.187 e. The topological polar surface area (TPSA) is 536 Å². The fraction of sp³-hybridized carbons (Fsp3) is 1.00. The number of ether oxygens (including phenoxy) is 12. The highest BCUT2D eigenvalue weighted by molar-refractivity contribution is 4.99. The molecule has 6 rings (SSSR count). The quantitative estimate of drug-likeness (QED) is 0.0538. The van der Waals surface area contributed by atoms with E-state index in [4.69, 9.17) is 56.8 Å². The van der Waals surface area contributed by atoms with Crippen LogP contribution in [0.2, 0.25) is 0 Å². The Hall–Kier alpha value is -1.32. The molecule has 440 valence electrons. The van der Waals surface area contributed by atoms with Gasteiger partial charge < -0.3 is 164 Å². The van der Waals surface area contributed by atoms with Crippen LogP contribution in [0.3, 0.4) is 0 Å². The van der Waals surface area contributed by atoms with Gasteiger partial charge in [0.1, 0.15) is 153 Å². The monoisotopic (exact) mass is 1110 g/mol. The number of rotatable bonds is 20. The van der Waals surface area contributed by atoms with Crippen LogP contribution in [0.1, 0.15) is 20.8 Å². The molecule has 6 aliphatic rings. The molecule has 6 saturated heterocycles. The van der Waals surface area contributed by atoms with Gasteiger partial charge in [0, 0.05) is 0 Å². The molecule has 34 atom stereocenters. The third-order valence-corrected chi connectivity index (χ3v) is 14.1.